The first-order valence-electron chi connectivity index (χ1n) is 13.0. The number of nitro groups is 1. The predicted molar refractivity (Wildman–Crippen MR) is 154 cm³/mol. The van der Waals surface area contributed by atoms with Gasteiger partial charge in [0.05, 0.1) is 36.5 Å². The molecule has 0 bridgehead atoms. The zero-order valence-corrected chi connectivity index (χ0v) is 23.8. The normalized spacial score (nSPS) is 14.6. The van der Waals surface area contributed by atoms with Gasteiger partial charge in [-0.15, -0.1) is 0 Å². The van der Waals surface area contributed by atoms with Crippen LogP contribution in [0.5, 0.6) is 11.5 Å². The molecule has 43 heavy (non-hydrogen) atoms. The topological polar surface area (TPSA) is 184 Å². The minimum atomic E-state index is -0.795. The van der Waals surface area contributed by atoms with Gasteiger partial charge in [-0.05, 0) is 50.6 Å². The number of rotatable bonds is 11. The Balaban J connectivity index is 1.38. The van der Waals surface area contributed by atoms with E-state index in [4.69, 9.17) is 18.6 Å². The molecule has 224 valence electrons. The largest absolute Gasteiger partial charge is 0.493 e. The number of carbonyl (C=O) groups is 3. The number of carbonyl (C=O) groups excluding carboxylic acids is 3. The predicted octanol–water partition coefficient (Wildman–Crippen LogP) is 3.89. The Morgan fingerprint density at radius 2 is 1.93 bits per heavy atom. The summed E-state index contributed by atoms with van der Waals surface area (Å²) in [5, 5.41) is 20.4. The van der Waals surface area contributed by atoms with Crippen LogP contribution in [0, 0.1) is 17.0 Å². The number of amides is 3. The maximum absolute atomic E-state index is 12.6. The highest BCUT2D eigenvalue weighted by molar-refractivity contribution is 5.95. The lowest BCUT2D eigenvalue weighted by molar-refractivity contribution is -0.385. The molecule has 14 nitrogen and oxygen atoms in total. The van der Waals surface area contributed by atoms with E-state index in [0.717, 1.165) is 0 Å². The first-order valence-corrected chi connectivity index (χ1v) is 13.0. The van der Waals surface area contributed by atoms with E-state index in [9.17, 15) is 24.5 Å². The van der Waals surface area contributed by atoms with Crippen molar-refractivity contribution in [1.29, 1.82) is 0 Å². The Labute approximate surface area is 245 Å². The summed E-state index contributed by atoms with van der Waals surface area (Å²) in [6, 6.07) is 11.5. The number of esters is 1. The molecule has 0 unspecified atom stereocenters. The third-order valence-corrected chi connectivity index (χ3v) is 6.34. The molecule has 0 radical (unpaired) electrons. The fourth-order valence-electron chi connectivity index (χ4n) is 4.29. The Hall–Kier alpha value is -5.66. The van der Waals surface area contributed by atoms with Crippen molar-refractivity contribution in [2.45, 2.75) is 26.8 Å². The number of ether oxygens (including phenoxy) is 3. The van der Waals surface area contributed by atoms with Crippen molar-refractivity contribution in [2.75, 3.05) is 20.3 Å². The van der Waals surface area contributed by atoms with Crippen molar-refractivity contribution in [3.8, 4) is 22.8 Å². The van der Waals surface area contributed by atoms with E-state index >= 15 is 0 Å². The minimum Gasteiger partial charge on any atom is -0.493 e. The number of nitro benzene ring substituents is 1. The molecule has 1 atom stereocenters. The lowest BCUT2D eigenvalue weighted by Gasteiger charge is -2.28. The Morgan fingerprint density at radius 3 is 2.65 bits per heavy atom. The van der Waals surface area contributed by atoms with E-state index in [2.05, 4.69) is 21.2 Å². The van der Waals surface area contributed by atoms with Gasteiger partial charge in [0.2, 0.25) is 0 Å². The molecule has 4 rings (SSSR count). The number of urea groups is 1. The summed E-state index contributed by atoms with van der Waals surface area (Å²) in [6.07, 6.45) is 1.28. The van der Waals surface area contributed by atoms with Crippen LogP contribution in [-0.4, -0.2) is 49.4 Å². The van der Waals surface area contributed by atoms with Gasteiger partial charge in [-0.2, -0.15) is 5.10 Å². The lowest BCUT2D eigenvalue weighted by Crippen LogP contribution is -2.45. The molecule has 3 N–H and O–H groups in total. The van der Waals surface area contributed by atoms with Gasteiger partial charge in [-0.3, -0.25) is 14.9 Å². The molecule has 0 saturated carbocycles. The number of methoxy groups -OCH3 is 1. The number of benzene rings is 2. The number of hydrogen-bond donors (Lipinski definition) is 3. The van der Waals surface area contributed by atoms with Crippen molar-refractivity contribution in [3.05, 3.63) is 86.8 Å². The van der Waals surface area contributed by atoms with Crippen molar-refractivity contribution < 1.29 is 37.9 Å². The van der Waals surface area contributed by atoms with E-state index in [1.807, 2.05) is 0 Å². The average Bonchev–Trinajstić information content (AvgIpc) is 3.44. The fraction of sp³-hybridized carbons (Fsp3) is 0.241. The molecule has 0 saturated heterocycles. The van der Waals surface area contributed by atoms with Crippen molar-refractivity contribution in [3.63, 3.8) is 0 Å². The zero-order chi connectivity index (χ0) is 31.1. The number of nitrogens with one attached hydrogen (secondary N) is 3. The molecule has 0 fully saturated rings. The highest BCUT2D eigenvalue weighted by Gasteiger charge is 2.32. The maximum atomic E-state index is 12.6. The number of allylic oxidation sites excluding steroid dienone is 1. The van der Waals surface area contributed by atoms with Gasteiger partial charge in [-0.1, -0.05) is 18.2 Å². The van der Waals surface area contributed by atoms with Crippen LogP contribution >= 0.6 is 0 Å². The first kappa shape index (κ1) is 30.3. The summed E-state index contributed by atoms with van der Waals surface area (Å²) < 4.78 is 21.8. The molecule has 2 aromatic carbocycles. The third-order valence-electron chi connectivity index (χ3n) is 6.34. The van der Waals surface area contributed by atoms with Gasteiger partial charge in [0, 0.05) is 22.9 Å². The van der Waals surface area contributed by atoms with Crippen molar-refractivity contribution in [1.82, 2.24) is 16.1 Å². The summed E-state index contributed by atoms with van der Waals surface area (Å²) in [5.74, 6) is 0.0804. The smallest absolute Gasteiger partial charge is 0.338 e. The van der Waals surface area contributed by atoms with Crippen LogP contribution in [0.4, 0.5) is 10.5 Å². The average molecular weight is 592 g/mol. The number of nitrogens with zero attached hydrogens (tertiary/aromatic N) is 2. The Kier molecular flexibility index (Phi) is 9.40. The molecule has 2 heterocycles. The summed E-state index contributed by atoms with van der Waals surface area (Å²) in [5.41, 5.74) is 4.52. The van der Waals surface area contributed by atoms with E-state index in [1.165, 1.54) is 19.4 Å². The lowest BCUT2D eigenvalue weighted by atomic mass is 9.95. The monoisotopic (exact) mass is 591 g/mol. The fourth-order valence-corrected chi connectivity index (χ4v) is 4.29. The number of hydrazone groups is 1. The molecule has 0 spiro atoms. The number of aryl methyl sites for hydroxylation is 1. The van der Waals surface area contributed by atoms with Crippen LogP contribution in [-0.2, 0) is 14.3 Å². The molecule has 3 aromatic rings. The minimum absolute atomic E-state index is 0.0194. The van der Waals surface area contributed by atoms with Crippen LogP contribution in [0.25, 0.3) is 11.3 Å². The van der Waals surface area contributed by atoms with Crippen LogP contribution in [0.15, 0.2) is 69.3 Å². The Bertz CT molecular complexity index is 1630. The van der Waals surface area contributed by atoms with Crippen molar-refractivity contribution in [2.24, 2.45) is 5.10 Å². The Morgan fingerprint density at radius 1 is 1.14 bits per heavy atom. The molecule has 1 aliphatic heterocycles. The van der Waals surface area contributed by atoms with E-state index < -0.39 is 35.5 Å². The second-order valence-electron chi connectivity index (χ2n) is 9.24. The molecule has 0 aliphatic carbocycles. The molecular weight excluding hydrogens is 562 g/mol. The van der Waals surface area contributed by atoms with E-state index in [0.29, 0.717) is 33.9 Å². The van der Waals surface area contributed by atoms with Gasteiger partial charge >= 0.3 is 12.0 Å². The second kappa shape index (κ2) is 13.3. The van der Waals surface area contributed by atoms with Gasteiger partial charge < -0.3 is 29.3 Å². The van der Waals surface area contributed by atoms with Crippen molar-refractivity contribution >= 4 is 29.8 Å². The van der Waals surface area contributed by atoms with Crippen LogP contribution in [0.3, 0.4) is 0 Å². The summed E-state index contributed by atoms with van der Waals surface area (Å²) in [6.45, 7) is 4.71. The van der Waals surface area contributed by atoms with Gasteiger partial charge in [0.1, 0.15) is 11.5 Å². The zero-order valence-electron chi connectivity index (χ0n) is 23.8. The quantitative estimate of drug-likeness (QED) is 0.129. The van der Waals surface area contributed by atoms with Crippen LogP contribution in [0.2, 0.25) is 0 Å². The first-order chi connectivity index (χ1) is 20.6. The van der Waals surface area contributed by atoms with Gasteiger partial charge in [-0.25, -0.2) is 15.0 Å². The van der Waals surface area contributed by atoms with E-state index in [1.54, 1.807) is 63.2 Å². The maximum Gasteiger partial charge on any atom is 0.338 e. The van der Waals surface area contributed by atoms with Gasteiger partial charge in [0.15, 0.2) is 18.1 Å². The molecule has 14 heteroatoms. The summed E-state index contributed by atoms with van der Waals surface area (Å²) in [7, 11) is 1.41. The molecule has 1 aliphatic rings. The molecule has 3 amide bonds. The third kappa shape index (κ3) is 7.16. The molecular formula is C29H29N5O9. The standard InChI is InChI=1S/C29H29N5O9/c1-5-41-28(36)26-17(3)31-29(37)32-27(26)19-8-10-23(24(13-19)40-4)42-15-25(35)33-30-14-20-9-11-22(43-20)18-7-6-16(2)21(12-18)34(38)39/h6-14,27H,5,15H2,1-4H3,(H,33,35)(H2,31,32,37)/b30-14-/t27-/m0/s1. The van der Waals surface area contributed by atoms with E-state index in [-0.39, 0.29) is 29.4 Å². The highest BCUT2D eigenvalue weighted by Crippen LogP contribution is 2.34. The SMILES string of the molecule is CCOC(=O)C1=C(C)NC(=O)N[C@H]1c1ccc(OCC(=O)N/N=C\c2ccc(-c3ccc(C)c([N+](=O)[O-])c3)o2)c(OC)c1. The second-order valence-corrected chi connectivity index (χ2v) is 9.24. The van der Waals surface area contributed by atoms with Crippen LogP contribution < -0.4 is 25.5 Å². The summed E-state index contributed by atoms with van der Waals surface area (Å²) in [4.78, 5) is 47.8. The summed E-state index contributed by atoms with van der Waals surface area (Å²) >= 11 is 0. The number of hydrogen-bond acceptors (Lipinski definition) is 10. The highest BCUT2D eigenvalue weighted by atomic mass is 16.6. The van der Waals surface area contributed by atoms with Crippen LogP contribution in [0.1, 0.15) is 36.8 Å². The number of furan rings is 1. The molecule has 1 aromatic heterocycles. The van der Waals surface area contributed by atoms with Gasteiger partial charge in [0.25, 0.3) is 11.6 Å².